The van der Waals surface area contributed by atoms with E-state index in [2.05, 4.69) is 5.32 Å². The number of carboxylic acid groups (broad SMARTS) is 1. The first-order valence-corrected chi connectivity index (χ1v) is 14.3. The smallest absolute Gasteiger partial charge is 0.413 e. The van der Waals surface area contributed by atoms with Crippen LogP contribution in [0.3, 0.4) is 0 Å². The van der Waals surface area contributed by atoms with E-state index >= 15 is 0 Å². The van der Waals surface area contributed by atoms with E-state index in [9.17, 15) is 24.4 Å². The molecular formula is C32H31NO6P+. The van der Waals surface area contributed by atoms with Crippen molar-refractivity contribution < 1.29 is 29.1 Å². The maximum absolute atomic E-state index is 13.6. The second kappa shape index (κ2) is 13.7. The Kier molecular flexibility index (Phi) is 9.79. The predicted molar refractivity (Wildman–Crippen MR) is 154 cm³/mol. The first-order chi connectivity index (χ1) is 19.3. The van der Waals surface area contributed by atoms with E-state index in [-0.39, 0.29) is 25.6 Å². The molecule has 7 nitrogen and oxygen atoms in total. The Bertz CT molecular complexity index is 1410. The van der Waals surface area contributed by atoms with Crippen LogP contribution in [0.25, 0.3) is 11.1 Å². The molecule has 0 aliphatic carbocycles. The Morgan fingerprint density at radius 2 is 1.27 bits per heavy atom. The van der Waals surface area contributed by atoms with Gasteiger partial charge in [-0.25, -0.2) is 4.79 Å². The lowest BCUT2D eigenvalue weighted by molar-refractivity contribution is -0.140. The SMILES string of the molecule is O=C(NC(O)(Cc1ccccc1)[P+](=O)CC(Cc1ccc(-c2ccccc2)cc1)C(=O)O)OCc1ccccc1. The Hall–Kier alpha value is -4.32. The van der Waals surface area contributed by atoms with Crippen molar-refractivity contribution >= 4 is 19.9 Å². The summed E-state index contributed by atoms with van der Waals surface area (Å²) in [5.41, 5.74) is 1.96. The zero-order chi connectivity index (χ0) is 28.4. The molecule has 0 aliphatic heterocycles. The number of aliphatic carboxylic acids is 1. The lowest BCUT2D eigenvalue weighted by Gasteiger charge is -2.21. The van der Waals surface area contributed by atoms with Crippen LogP contribution in [0.15, 0.2) is 115 Å². The number of carbonyl (C=O) groups is 2. The molecule has 4 aromatic carbocycles. The third-order valence-electron chi connectivity index (χ3n) is 6.50. The Labute approximate surface area is 234 Å². The van der Waals surface area contributed by atoms with Gasteiger partial charge in [0.15, 0.2) is 6.16 Å². The number of hydrogen-bond donors (Lipinski definition) is 3. The highest BCUT2D eigenvalue weighted by atomic mass is 31.1. The van der Waals surface area contributed by atoms with Crippen LogP contribution < -0.4 is 5.32 Å². The molecule has 8 heteroatoms. The molecule has 4 aromatic rings. The van der Waals surface area contributed by atoms with Crippen LogP contribution in [-0.4, -0.2) is 33.9 Å². The Morgan fingerprint density at radius 1 is 0.750 bits per heavy atom. The summed E-state index contributed by atoms with van der Waals surface area (Å²) >= 11 is 0. The molecule has 40 heavy (non-hydrogen) atoms. The summed E-state index contributed by atoms with van der Waals surface area (Å²) in [6.07, 6.45) is -1.35. The van der Waals surface area contributed by atoms with Gasteiger partial charge in [0.25, 0.3) is 0 Å². The van der Waals surface area contributed by atoms with Gasteiger partial charge in [0, 0.05) is 0 Å². The maximum atomic E-state index is 13.6. The van der Waals surface area contributed by atoms with E-state index in [0.717, 1.165) is 22.3 Å². The summed E-state index contributed by atoms with van der Waals surface area (Å²) in [7, 11) is -2.64. The third kappa shape index (κ3) is 8.09. The molecule has 0 bridgehead atoms. The molecule has 0 saturated carbocycles. The number of benzene rings is 4. The van der Waals surface area contributed by atoms with Gasteiger partial charge in [0.1, 0.15) is 12.5 Å². The lowest BCUT2D eigenvalue weighted by Crippen LogP contribution is -2.48. The number of carboxylic acids is 1. The first kappa shape index (κ1) is 28.7. The summed E-state index contributed by atoms with van der Waals surface area (Å²) in [4.78, 5) is 24.8. The molecule has 0 saturated heterocycles. The standard InChI is InChI=1S/C32H30NO6P/c34-30(35)29(20-24-16-18-28(19-17-24)27-14-8-3-9-15-27)23-40(38)32(37,21-25-10-4-1-5-11-25)33-31(36)39-22-26-12-6-2-7-13-26/h1-19,29,37H,20-23H2,(H-,33,34,35,36)/p+1. The van der Waals surface area contributed by atoms with Gasteiger partial charge in [-0.3, -0.25) is 10.1 Å². The van der Waals surface area contributed by atoms with E-state index in [4.69, 9.17) is 4.74 Å². The molecule has 0 heterocycles. The number of aliphatic hydroxyl groups is 1. The molecule has 3 unspecified atom stereocenters. The summed E-state index contributed by atoms with van der Waals surface area (Å²) in [6, 6.07) is 35.1. The normalized spacial score (nSPS) is 13.5. The number of ether oxygens (including phenoxy) is 1. The highest BCUT2D eigenvalue weighted by Crippen LogP contribution is 2.40. The van der Waals surface area contributed by atoms with E-state index in [0.29, 0.717) is 5.56 Å². The number of amides is 1. The van der Waals surface area contributed by atoms with Gasteiger partial charge in [-0.1, -0.05) is 120 Å². The van der Waals surface area contributed by atoms with Crippen molar-refractivity contribution in [2.75, 3.05) is 6.16 Å². The number of rotatable bonds is 12. The molecule has 0 radical (unpaired) electrons. The summed E-state index contributed by atoms with van der Waals surface area (Å²) < 4.78 is 18.8. The lowest BCUT2D eigenvalue weighted by atomic mass is 9.98. The quantitative estimate of drug-likeness (QED) is 0.141. The minimum Gasteiger partial charge on any atom is -0.481 e. The zero-order valence-electron chi connectivity index (χ0n) is 21.9. The maximum Gasteiger partial charge on any atom is 0.413 e. The van der Waals surface area contributed by atoms with E-state index in [1.165, 1.54) is 0 Å². The average molecular weight is 557 g/mol. The van der Waals surface area contributed by atoms with Crippen LogP contribution in [0, 0.1) is 5.92 Å². The molecule has 1 amide bonds. The Morgan fingerprint density at radius 3 is 1.85 bits per heavy atom. The van der Waals surface area contributed by atoms with Crippen molar-refractivity contribution in [3.8, 4) is 11.1 Å². The van der Waals surface area contributed by atoms with Crippen molar-refractivity contribution in [2.45, 2.75) is 24.9 Å². The minimum absolute atomic E-state index is 0.0401. The van der Waals surface area contributed by atoms with Gasteiger partial charge in [-0.15, -0.1) is 0 Å². The van der Waals surface area contributed by atoms with Gasteiger partial charge < -0.3 is 14.9 Å². The van der Waals surface area contributed by atoms with Crippen LogP contribution in [0.2, 0.25) is 0 Å². The van der Waals surface area contributed by atoms with Crippen LogP contribution in [0.1, 0.15) is 16.7 Å². The zero-order valence-corrected chi connectivity index (χ0v) is 22.7. The molecular weight excluding hydrogens is 525 g/mol. The summed E-state index contributed by atoms with van der Waals surface area (Å²) in [6.45, 7) is -0.0401. The molecule has 204 valence electrons. The van der Waals surface area contributed by atoms with Gasteiger partial charge in [0.2, 0.25) is 0 Å². The molecule has 4 rings (SSSR count). The van der Waals surface area contributed by atoms with Gasteiger partial charge in [0.05, 0.1) is 6.42 Å². The average Bonchev–Trinajstić information content (AvgIpc) is 2.97. The van der Waals surface area contributed by atoms with E-state index in [1.807, 2.05) is 60.7 Å². The van der Waals surface area contributed by atoms with Gasteiger partial charge in [-0.05, 0) is 34.2 Å². The molecule has 0 aliphatic rings. The summed E-state index contributed by atoms with van der Waals surface area (Å²) in [5, 5.41) is 23.8. The fourth-order valence-electron chi connectivity index (χ4n) is 4.33. The van der Waals surface area contributed by atoms with Crippen molar-refractivity contribution in [3.05, 3.63) is 132 Å². The fourth-order valence-corrected chi connectivity index (χ4v) is 5.89. The number of carbonyl (C=O) groups excluding carboxylic acids is 1. The van der Waals surface area contributed by atoms with E-state index in [1.54, 1.807) is 54.6 Å². The van der Waals surface area contributed by atoms with Crippen molar-refractivity contribution in [1.29, 1.82) is 0 Å². The van der Waals surface area contributed by atoms with Crippen LogP contribution in [0.4, 0.5) is 4.79 Å². The molecule has 0 spiro atoms. The molecule has 0 fully saturated rings. The van der Waals surface area contributed by atoms with Crippen molar-refractivity contribution in [2.24, 2.45) is 5.92 Å². The van der Waals surface area contributed by atoms with Crippen LogP contribution in [0.5, 0.6) is 0 Å². The minimum atomic E-state index is -2.64. The second-order valence-electron chi connectivity index (χ2n) is 9.53. The molecule has 3 N–H and O–H groups in total. The third-order valence-corrected chi connectivity index (χ3v) is 8.37. The molecule has 3 atom stereocenters. The topological polar surface area (TPSA) is 113 Å². The summed E-state index contributed by atoms with van der Waals surface area (Å²) in [5.74, 6) is -2.18. The monoisotopic (exact) mass is 556 g/mol. The number of nitrogens with one attached hydrogen (secondary N) is 1. The highest BCUT2D eigenvalue weighted by Gasteiger charge is 2.51. The second-order valence-corrected chi connectivity index (χ2v) is 11.4. The fraction of sp³-hybridized carbons (Fsp3) is 0.188. The van der Waals surface area contributed by atoms with Gasteiger partial charge in [-0.2, -0.15) is 0 Å². The largest absolute Gasteiger partial charge is 0.481 e. The first-order valence-electron chi connectivity index (χ1n) is 12.9. The van der Waals surface area contributed by atoms with Gasteiger partial charge >= 0.3 is 25.3 Å². The Balaban J connectivity index is 1.47. The van der Waals surface area contributed by atoms with Crippen LogP contribution >= 0.6 is 7.80 Å². The van der Waals surface area contributed by atoms with Crippen LogP contribution in [-0.2, 0) is 33.5 Å². The van der Waals surface area contributed by atoms with E-state index < -0.39 is 31.2 Å². The highest BCUT2D eigenvalue weighted by molar-refractivity contribution is 7.46. The predicted octanol–water partition coefficient (Wildman–Crippen LogP) is 6.24. The van der Waals surface area contributed by atoms with Crippen molar-refractivity contribution in [3.63, 3.8) is 0 Å². The molecule has 0 aromatic heterocycles. The number of alkyl carbamates (subject to hydrolysis) is 1. The number of hydrogen-bond acceptors (Lipinski definition) is 5. The van der Waals surface area contributed by atoms with Crippen molar-refractivity contribution in [1.82, 2.24) is 5.32 Å².